The van der Waals surface area contributed by atoms with Gasteiger partial charge in [-0.1, -0.05) is 15.9 Å². The average Bonchev–Trinajstić information content (AvgIpc) is 2.96. The van der Waals surface area contributed by atoms with Crippen molar-refractivity contribution in [3.05, 3.63) is 52.1 Å². The Morgan fingerprint density at radius 1 is 1.30 bits per heavy atom. The summed E-state index contributed by atoms with van der Waals surface area (Å²) in [4.78, 5) is 4.66. The second kappa shape index (κ2) is 5.62. The largest absolute Gasteiger partial charge is 0.464 e. The highest BCUT2D eigenvalue weighted by Gasteiger charge is 2.12. The summed E-state index contributed by atoms with van der Waals surface area (Å²) in [6, 6.07) is 10.1. The number of nitrogens with zero attached hydrogens (tertiary/aromatic N) is 2. The molecule has 20 heavy (non-hydrogen) atoms. The summed E-state index contributed by atoms with van der Waals surface area (Å²) < 4.78 is 8.88. The number of aromatic nitrogens is 2. The molecule has 5 heteroatoms. The van der Waals surface area contributed by atoms with Crippen LogP contribution in [0.5, 0.6) is 0 Å². The third-order valence-corrected chi connectivity index (χ3v) is 3.90. The number of imidazole rings is 1. The molecule has 0 bridgehead atoms. The van der Waals surface area contributed by atoms with Crippen LogP contribution in [0, 0.1) is 6.92 Å². The number of alkyl halides is 1. The van der Waals surface area contributed by atoms with Crippen molar-refractivity contribution >= 4 is 38.6 Å². The van der Waals surface area contributed by atoms with E-state index in [9.17, 15) is 0 Å². The van der Waals surface area contributed by atoms with Crippen molar-refractivity contribution in [2.24, 2.45) is 0 Å². The SMILES string of the molecule is Cc1ccc(Cn2c(CCCl)nc3ccc(Br)cc32)o1. The molecular formula is C15H14BrClN2O. The summed E-state index contributed by atoms with van der Waals surface area (Å²) in [6.07, 6.45) is 0.744. The fourth-order valence-electron chi connectivity index (χ4n) is 2.32. The normalized spacial score (nSPS) is 11.3. The van der Waals surface area contributed by atoms with Gasteiger partial charge >= 0.3 is 0 Å². The lowest BCUT2D eigenvalue weighted by Crippen LogP contribution is -2.05. The highest BCUT2D eigenvalue weighted by molar-refractivity contribution is 9.10. The van der Waals surface area contributed by atoms with Crippen LogP contribution < -0.4 is 0 Å². The van der Waals surface area contributed by atoms with Gasteiger partial charge in [-0.25, -0.2) is 4.98 Å². The van der Waals surface area contributed by atoms with Gasteiger partial charge < -0.3 is 8.98 Å². The Morgan fingerprint density at radius 2 is 2.15 bits per heavy atom. The van der Waals surface area contributed by atoms with Crippen molar-refractivity contribution < 1.29 is 4.42 Å². The molecule has 0 saturated heterocycles. The van der Waals surface area contributed by atoms with Crippen molar-refractivity contribution in [3.8, 4) is 0 Å². The van der Waals surface area contributed by atoms with Gasteiger partial charge in [0, 0.05) is 16.8 Å². The van der Waals surface area contributed by atoms with Gasteiger partial charge in [0.2, 0.25) is 0 Å². The van der Waals surface area contributed by atoms with E-state index in [1.807, 2.05) is 31.2 Å². The predicted molar refractivity (Wildman–Crippen MR) is 84.4 cm³/mol. The molecule has 1 aromatic carbocycles. The number of rotatable bonds is 4. The smallest absolute Gasteiger partial charge is 0.123 e. The predicted octanol–water partition coefficient (Wildman–Crippen LogP) is 4.53. The van der Waals surface area contributed by atoms with E-state index in [0.717, 1.165) is 39.3 Å². The molecule has 2 aromatic heterocycles. The molecule has 0 radical (unpaired) electrons. The van der Waals surface area contributed by atoms with Crippen LogP contribution in [0.15, 0.2) is 39.2 Å². The second-order valence-corrected chi connectivity index (χ2v) is 5.99. The Balaban J connectivity index is 2.09. The number of furan rings is 1. The average molecular weight is 354 g/mol. The number of hydrogen-bond acceptors (Lipinski definition) is 2. The molecule has 0 unspecified atom stereocenters. The zero-order valence-corrected chi connectivity index (χ0v) is 13.4. The number of halogens is 2. The molecule has 3 rings (SSSR count). The molecule has 0 atom stereocenters. The zero-order chi connectivity index (χ0) is 14.1. The minimum absolute atomic E-state index is 0.557. The Hall–Kier alpha value is -1.26. The molecule has 0 fully saturated rings. The van der Waals surface area contributed by atoms with Crippen LogP contribution in [0.25, 0.3) is 11.0 Å². The van der Waals surface area contributed by atoms with Crippen LogP contribution in [-0.2, 0) is 13.0 Å². The van der Waals surface area contributed by atoms with Gasteiger partial charge in [0.25, 0.3) is 0 Å². The van der Waals surface area contributed by atoms with Gasteiger partial charge in [0.15, 0.2) is 0 Å². The second-order valence-electron chi connectivity index (χ2n) is 4.70. The molecule has 2 heterocycles. The lowest BCUT2D eigenvalue weighted by Gasteiger charge is -2.06. The fourth-order valence-corrected chi connectivity index (χ4v) is 2.84. The first-order chi connectivity index (χ1) is 9.67. The Bertz CT molecular complexity index is 747. The Kier molecular flexibility index (Phi) is 3.85. The molecule has 104 valence electrons. The molecule has 0 N–H and O–H groups in total. The summed E-state index contributed by atoms with van der Waals surface area (Å²) in [5.41, 5.74) is 2.07. The van der Waals surface area contributed by atoms with Crippen molar-refractivity contribution in [3.63, 3.8) is 0 Å². The zero-order valence-electron chi connectivity index (χ0n) is 11.1. The van der Waals surface area contributed by atoms with Crippen molar-refractivity contribution in [2.45, 2.75) is 19.9 Å². The van der Waals surface area contributed by atoms with E-state index in [-0.39, 0.29) is 0 Å². The molecule has 0 spiro atoms. The van der Waals surface area contributed by atoms with Crippen LogP contribution in [-0.4, -0.2) is 15.4 Å². The topological polar surface area (TPSA) is 31.0 Å². The molecule has 0 amide bonds. The summed E-state index contributed by atoms with van der Waals surface area (Å²) in [5.74, 6) is 3.39. The number of hydrogen-bond donors (Lipinski definition) is 0. The first-order valence-corrected chi connectivity index (χ1v) is 7.76. The van der Waals surface area contributed by atoms with Gasteiger partial charge in [-0.2, -0.15) is 0 Å². The maximum absolute atomic E-state index is 5.89. The Morgan fingerprint density at radius 3 is 2.85 bits per heavy atom. The van der Waals surface area contributed by atoms with Crippen LogP contribution in [0.1, 0.15) is 17.3 Å². The first-order valence-electron chi connectivity index (χ1n) is 6.43. The molecular weight excluding hydrogens is 340 g/mol. The highest BCUT2D eigenvalue weighted by atomic mass is 79.9. The molecule has 0 aliphatic rings. The summed E-state index contributed by atoms with van der Waals surface area (Å²) in [5, 5.41) is 0. The monoisotopic (exact) mass is 352 g/mol. The standard InChI is InChI=1S/C15H14BrClN2O/c1-10-2-4-12(20-10)9-19-14-8-11(16)3-5-13(14)18-15(19)6-7-17/h2-5,8H,6-7,9H2,1H3. The lowest BCUT2D eigenvalue weighted by atomic mass is 10.3. The molecule has 3 aromatic rings. The first kappa shape index (κ1) is 13.7. The van der Waals surface area contributed by atoms with Gasteiger partial charge in [0.05, 0.1) is 17.6 Å². The van der Waals surface area contributed by atoms with E-state index >= 15 is 0 Å². The summed E-state index contributed by atoms with van der Waals surface area (Å²) in [6.45, 7) is 2.62. The minimum Gasteiger partial charge on any atom is -0.464 e. The van der Waals surface area contributed by atoms with Gasteiger partial charge in [-0.15, -0.1) is 11.6 Å². The summed E-state index contributed by atoms with van der Waals surface area (Å²) in [7, 11) is 0. The van der Waals surface area contributed by atoms with Gasteiger partial charge in [-0.05, 0) is 37.3 Å². The van der Waals surface area contributed by atoms with Crippen LogP contribution in [0.4, 0.5) is 0 Å². The minimum atomic E-state index is 0.557. The van der Waals surface area contributed by atoms with E-state index in [1.165, 1.54) is 0 Å². The quantitative estimate of drug-likeness (QED) is 0.645. The van der Waals surface area contributed by atoms with E-state index < -0.39 is 0 Å². The highest BCUT2D eigenvalue weighted by Crippen LogP contribution is 2.23. The van der Waals surface area contributed by atoms with Gasteiger partial charge in [-0.3, -0.25) is 0 Å². The maximum atomic E-state index is 5.89. The van der Waals surface area contributed by atoms with E-state index in [4.69, 9.17) is 16.0 Å². The number of aryl methyl sites for hydroxylation is 2. The van der Waals surface area contributed by atoms with Crippen LogP contribution in [0.2, 0.25) is 0 Å². The van der Waals surface area contributed by atoms with E-state index in [2.05, 4.69) is 31.5 Å². The molecule has 0 aliphatic heterocycles. The van der Waals surface area contributed by atoms with Crippen molar-refractivity contribution in [2.75, 3.05) is 5.88 Å². The number of benzene rings is 1. The molecule has 3 nitrogen and oxygen atoms in total. The van der Waals surface area contributed by atoms with E-state index in [1.54, 1.807) is 0 Å². The third kappa shape index (κ3) is 2.63. The maximum Gasteiger partial charge on any atom is 0.123 e. The van der Waals surface area contributed by atoms with E-state index in [0.29, 0.717) is 12.4 Å². The Labute approximate surface area is 130 Å². The summed E-state index contributed by atoms with van der Waals surface area (Å²) >= 11 is 9.40. The van der Waals surface area contributed by atoms with Crippen molar-refractivity contribution in [1.29, 1.82) is 0 Å². The number of fused-ring (bicyclic) bond motifs is 1. The third-order valence-electron chi connectivity index (χ3n) is 3.22. The molecule has 0 aliphatic carbocycles. The lowest BCUT2D eigenvalue weighted by molar-refractivity contribution is 0.469. The molecule has 0 saturated carbocycles. The van der Waals surface area contributed by atoms with Crippen LogP contribution in [0.3, 0.4) is 0 Å². The van der Waals surface area contributed by atoms with Crippen LogP contribution >= 0.6 is 27.5 Å². The van der Waals surface area contributed by atoms with Gasteiger partial charge in [0.1, 0.15) is 17.3 Å². The van der Waals surface area contributed by atoms with Crippen molar-refractivity contribution in [1.82, 2.24) is 9.55 Å². The fraction of sp³-hybridized carbons (Fsp3) is 0.267.